The molecule has 2 rings (SSSR count). The molecule has 4 nitrogen and oxygen atoms in total. The number of benzene rings is 1. The Kier molecular flexibility index (Phi) is 4.28. The van der Waals surface area contributed by atoms with Gasteiger partial charge in [-0.2, -0.15) is 0 Å². The zero-order valence-electron chi connectivity index (χ0n) is 9.72. The molecule has 0 aliphatic carbocycles. The Bertz CT molecular complexity index is 391. The minimum Gasteiger partial charge on any atom is -0.496 e. The van der Waals surface area contributed by atoms with Crippen LogP contribution in [-0.2, 0) is 4.74 Å². The maximum absolute atomic E-state index is 12.0. The molecule has 1 aliphatic heterocycles. The maximum Gasteiger partial charge on any atom is 0.286 e. The number of morpholine rings is 1. The monoisotopic (exact) mass is 253 g/mol. The number of nitrogens with zero attached hydrogens (tertiary/aromatic N) is 1. The summed E-state index contributed by atoms with van der Waals surface area (Å²) < 4.78 is 10.4. The number of hydrogen-bond donors (Lipinski definition) is 0. The molecule has 0 aromatic heterocycles. The van der Waals surface area contributed by atoms with Gasteiger partial charge in [-0.05, 0) is 23.9 Å². The number of hydrogen-bond acceptors (Lipinski definition) is 4. The zero-order valence-corrected chi connectivity index (χ0v) is 10.5. The molecule has 0 radical (unpaired) electrons. The van der Waals surface area contributed by atoms with E-state index in [1.807, 2.05) is 24.3 Å². The molecule has 1 amide bonds. The quantitative estimate of drug-likeness (QED) is 0.758. The second-order valence-corrected chi connectivity index (χ2v) is 4.61. The van der Waals surface area contributed by atoms with Crippen LogP contribution >= 0.6 is 11.8 Å². The van der Waals surface area contributed by atoms with Gasteiger partial charge in [-0.15, -0.1) is 0 Å². The summed E-state index contributed by atoms with van der Waals surface area (Å²) in [7, 11) is 1.61. The summed E-state index contributed by atoms with van der Waals surface area (Å²) in [6, 6.07) is 7.54. The molecule has 0 saturated carbocycles. The van der Waals surface area contributed by atoms with Crippen molar-refractivity contribution in [3.63, 3.8) is 0 Å². The second-order valence-electron chi connectivity index (χ2n) is 3.62. The van der Waals surface area contributed by atoms with Crippen LogP contribution in [0.25, 0.3) is 0 Å². The molecular weight excluding hydrogens is 238 g/mol. The minimum atomic E-state index is 0.0535. The number of para-hydroxylation sites is 1. The van der Waals surface area contributed by atoms with Gasteiger partial charge in [0.15, 0.2) is 0 Å². The first kappa shape index (κ1) is 12.3. The minimum absolute atomic E-state index is 0.0535. The van der Waals surface area contributed by atoms with E-state index in [0.29, 0.717) is 26.3 Å². The number of ether oxygens (including phenoxy) is 2. The fraction of sp³-hybridized carbons (Fsp3) is 0.417. The Morgan fingerprint density at radius 2 is 2.06 bits per heavy atom. The van der Waals surface area contributed by atoms with Crippen LogP contribution in [0.15, 0.2) is 29.2 Å². The Labute approximate surface area is 105 Å². The number of carbonyl (C=O) groups excluding carboxylic acids is 1. The lowest BCUT2D eigenvalue weighted by Gasteiger charge is -2.26. The third-order valence-corrected chi connectivity index (χ3v) is 3.53. The molecule has 1 heterocycles. The van der Waals surface area contributed by atoms with Crippen molar-refractivity contribution in [2.75, 3.05) is 33.4 Å². The Morgan fingerprint density at radius 3 is 2.76 bits per heavy atom. The van der Waals surface area contributed by atoms with Crippen molar-refractivity contribution >= 4 is 17.0 Å². The van der Waals surface area contributed by atoms with Gasteiger partial charge in [0.25, 0.3) is 5.24 Å². The highest BCUT2D eigenvalue weighted by atomic mass is 32.2. The lowest BCUT2D eigenvalue weighted by atomic mass is 10.3. The molecule has 5 heteroatoms. The summed E-state index contributed by atoms with van der Waals surface area (Å²) in [4.78, 5) is 14.7. The van der Waals surface area contributed by atoms with Crippen LogP contribution in [0.1, 0.15) is 0 Å². The van der Waals surface area contributed by atoms with E-state index in [0.717, 1.165) is 10.6 Å². The highest BCUT2D eigenvalue weighted by molar-refractivity contribution is 8.13. The molecule has 0 bridgehead atoms. The third kappa shape index (κ3) is 3.14. The molecule has 1 aliphatic rings. The van der Waals surface area contributed by atoms with Crippen molar-refractivity contribution in [1.82, 2.24) is 4.90 Å². The van der Waals surface area contributed by atoms with Gasteiger partial charge in [-0.25, -0.2) is 0 Å². The van der Waals surface area contributed by atoms with E-state index < -0.39 is 0 Å². The van der Waals surface area contributed by atoms with Crippen LogP contribution in [0.2, 0.25) is 0 Å². The Morgan fingerprint density at radius 1 is 1.35 bits per heavy atom. The summed E-state index contributed by atoms with van der Waals surface area (Å²) in [5.41, 5.74) is 0. The van der Waals surface area contributed by atoms with Crippen LogP contribution in [0.4, 0.5) is 4.79 Å². The van der Waals surface area contributed by atoms with Crippen LogP contribution < -0.4 is 4.74 Å². The average molecular weight is 253 g/mol. The highest BCUT2D eigenvalue weighted by Crippen LogP contribution is 2.30. The van der Waals surface area contributed by atoms with Gasteiger partial charge >= 0.3 is 0 Å². The van der Waals surface area contributed by atoms with E-state index >= 15 is 0 Å². The van der Waals surface area contributed by atoms with E-state index in [9.17, 15) is 4.79 Å². The predicted octanol–water partition coefficient (Wildman–Crippen LogP) is 2.24. The van der Waals surface area contributed by atoms with Gasteiger partial charge in [-0.1, -0.05) is 12.1 Å². The van der Waals surface area contributed by atoms with Crippen molar-refractivity contribution < 1.29 is 14.3 Å². The standard InChI is InChI=1S/C12H15NO3S/c1-15-10-4-2-3-5-11(10)17-12(14)13-6-8-16-9-7-13/h2-5H,6-9H2,1H3. The normalized spacial score (nSPS) is 15.7. The first-order chi connectivity index (χ1) is 8.31. The lowest BCUT2D eigenvalue weighted by Crippen LogP contribution is -2.38. The largest absolute Gasteiger partial charge is 0.496 e. The fourth-order valence-corrected chi connectivity index (χ4v) is 2.51. The van der Waals surface area contributed by atoms with Gasteiger partial charge < -0.3 is 14.4 Å². The second kappa shape index (κ2) is 5.93. The number of thioether (sulfide) groups is 1. The predicted molar refractivity (Wildman–Crippen MR) is 66.6 cm³/mol. The molecule has 1 fully saturated rings. The zero-order chi connectivity index (χ0) is 12.1. The van der Waals surface area contributed by atoms with Gasteiger partial charge in [0.05, 0.1) is 25.2 Å². The van der Waals surface area contributed by atoms with Crippen molar-refractivity contribution in [1.29, 1.82) is 0 Å². The number of rotatable bonds is 2. The highest BCUT2D eigenvalue weighted by Gasteiger charge is 2.19. The number of amides is 1. The molecule has 92 valence electrons. The number of methoxy groups -OCH3 is 1. The van der Waals surface area contributed by atoms with E-state index in [2.05, 4.69) is 0 Å². The fourth-order valence-electron chi connectivity index (χ4n) is 1.61. The molecular formula is C12H15NO3S. The summed E-state index contributed by atoms with van der Waals surface area (Å²) >= 11 is 1.21. The van der Waals surface area contributed by atoms with Gasteiger partial charge in [0.1, 0.15) is 5.75 Å². The maximum atomic E-state index is 12.0. The molecule has 0 unspecified atom stereocenters. The van der Waals surface area contributed by atoms with Gasteiger partial charge in [0, 0.05) is 13.1 Å². The van der Waals surface area contributed by atoms with E-state index in [4.69, 9.17) is 9.47 Å². The average Bonchev–Trinajstić information content (AvgIpc) is 2.40. The Balaban J connectivity index is 2.01. The first-order valence-corrected chi connectivity index (χ1v) is 6.30. The lowest BCUT2D eigenvalue weighted by molar-refractivity contribution is 0.0593. The molecule has 0 spiro atoms. The van der Waals surface area contributed by atoms with Gasteiger partial charge in [-0.3, -0.25) is 4.79 Å². The van der Waals surface area contributed by atoms with Crippen LogP contribution in [0, 0.1) is 0 Å². The summed E-state index contributed by atoms with van der Waals surface area (Å²) in [6.45, 7) is 2.58. The molecule has 17 heavy (non-hydrogen) atoms. The summed E-state index contributed by atoms with van der Waals surface area (Å²) in [6.07, 6.45) is 0. The van der Waals surface area contributed by atoms with Crippen LogP contribution in [0.5, 0.6) is 5.75 Å². The molecule has 0 atom stereocenters. The molecule has 1 aromatic rings. The molecule has 0 N–H and O–H groups in total. The molecule has 1 aromatic carbocycles. The smallest absolute Gasteiger partial charge is 0.286 e. The third-order valence-electron chi connectivity index (χ3n) is 2.54. The van der Waals surface area contributed by atoms with Crippen molar-refractivity contribution in [2.45, 2.75) is 4.90 Å². The van der Waals surface area contributed by atoms with Crippen molar-refractivity contribution in [2.24, 2.45) is 0 Å². The first-order valence-electron chi connectivity index (χ1n) is 5.49. The number of carbonyl (C=O) groups is 1. The van der Waals surface area contributed by atoms with Crippen LogP contribution in [0.3, 0.4) is 0 Å². The SMILES string of the molecule is COc1ccccc1SC(=O)N1CCOCC1. The van der Waals surface area contributed by atoms with E-state index in [1.165, 1.54) is 11.8 Å². The van der Waals surface area contributed by atoms with Crippen molar-refractivity contribution in [3.8, 4) is 5.75 Å². The topological polar surface area (TPSA) is 38.8 Å². The van der Waals surface area contributed by atoms with E-state index in [-0.39, 0.29) is 5.24 Å². The van der Waals surface area contributed by atoms with Crippen LogP contribution in [-0.4, -0.2) is 43.6 Å². The van der Waals surface area contributed by atoms with Gasteiger partial charge in [0.2, 0.25) is 0 Å². The summed E-state index contributed by atoms with van der Waals surface area (Å²) in [5.74, 6) is 0.735. The summed E-state index contributed by atoms with van der Waals surface area (Å²) in [5, 5.41) is 0.0535. The molecule has 1 saturated heterocycles. The van der Waals surface area contributed by atoms with Crippen molar-refractivity contribution in [3.05, 3.63) is 24.3 Å². The Hall–Kier alpha value is -1.20. The van der Waals surface area contributed by atoms with E-state index in [1.54, 1.807) is 12.0 Å².